The molecule has 170 valence electrons. The molecule has 0 aliphatic carbocycles. The number of hydrogen-bond donors (Lipinski definition) is 3. The van der Waals surface area contributed by atoms with Gasteiger partial charge in [-0.15, -0.1) is 0 Å². The van der Waals surface area contributed by atoms with Gasteiger partial charge in [-0.1, -0.05) is 0 Å². The lowest BCUT2D eigenvalue weighted by Crippen LogP contribution is -2.17. The number of aliphatic imine (C=N–C) groups is 2. The van der Waals surface area contributed by atoms with Crippen LogP contribution in [0.3, 0.4) is 0 Å². The first-order valence-corrected chi connectivity index (χ1v) is 10.8. The second kappa shape index (κ2) is 9.60. The lowest BCUT2D eigenvalue weighted by Gasteiger charge is -2.13. The third kappa shape index (κ3) is 5.41. The third-order valence-electron chi connectivity index (χ3n) is 5.14. The van der Waals surface area contributed by atoms with Gasteiger partial charge in [0.2, 0.25) is 0 Å². The van der Waals surface area contributed by atoms with Crippen molar-refractivity contribution in [2.24, 2.45) is 15.7 Å². The van der Waals surface area contributed by atoms with E-state index in [2.05, 4.69) is 25.6 Å². The molecule has 1 aliphatic rings. The largest absolute Gasteiger partial charge is 0.463 e. The zero-order chi connectivity index (χ0) is 23.4. The minimum atomic E-state index is 0.146. The molecule has 0 saturated heterocycles. The average Bonchev–Trinajstić information content (AvgIpc) is 3.21. The lowest BCUT2D eigenvalue weighted by molar-refractivity contribution is 0.322. The Bertz CT molecular complexity index is 1200. The van der Waals surface area contributed by atoms with E-state index in [0.717, 1.165) is 39.6 Å². The Balaban J connectivity index is 1.56. The Morgan fingerprint density at radius 2 is 2.00 bits per heavy atom. The van der Waals surface area contributed by atoms with E-state index >= 15 is 0 Å². The van der Waals surface area contributed by atoms with E-state index in [4.69, 9.17) is 15.2 Å². The Morgan fingerprint density at radius 1 is 1.15 bits per heavy atom. The maximum atomic E-state index is 6.41. The molecule has 33 heavy (non-hydrogen) atoms. The summed E-state index contributed by atoms with van der Waals surface area (Å²) in [5.41, 5.74) is 11.5. The van der Waals surface area contributed by atoms with Crippen molar-refractivity contribution in [2.45, 2.75) is 26.8 Å². The van der Waals surface area contributed by atoms with Crippen molar-refractivity contribution in [3.63, 3.8) is 0 Å². The highest BCUT2D eigenvalue weighted by Crippen LogP contribution is 2.29. The van der Waals surface area contributed by atoms with Gasteiger partial charge in [-0.25, -0.2) is 9.98 Å². The number of amidine groups is 2. The zero-order valence-electron chi connectivity index (χ0n) is 19.2. The minimum absolute atomic E-state index is 0.146. The molecular weight excluding hydrogens is 416 g/mol. The number of ether oxygens (including phenoxy) is 2. The first-order valence-electron chi connectivity index (χ1n) is 10.8. The molecular formula is C25H28N6O2. The topological polar surface area (TPSA) is 106 Å². The summed E-state index contributed by atoms with van der Waals surface area (Å²) in [6.07, 6.45) is 1.71. The zero-order valence-corrected chi connectivity index (χ0v) is 19.2. The number of nitrogens with one attached hydrogen (secondary N) is 2. The van der Waals surface area contributed by atoms with Crippen LogP contribution in [-0.4, -0.2) is 36.5 Å². The molecule has 3 aromatic rings. The number of aromatic nitrogens is 1. The van der Waals surface area contributed by atoms with Crippen molar-refractivity contribution < 1.29 is 9.47 Å². The smallest absolute Gasteiger partial charge is 0.289 e. The molecule has 0 amide bonds. The van der Waals surface area contributed by atoms with Crippen LogP contribution >= 0.6 is 0 Å². The molecule has 2 heterocycles. The van der Waals surface area contributed by atoms with Crippen molar-refractivity contribution in [1.29, 1.82) is 0 Å². The summed E-state index contributed by atoms with van der Waals surface area (Å²) in [6.45, 7) is 6.49. The van der Waals surface area contributed by atoms with Crippen LogP contribution in [0.4, 0.5) is 17.1 Å². The van der Waals surface area contributed by atoms with Gasteiger partial charge in [0.05, 0.1) is 17.9 Å². The summed E-state index contributed by atoms with van der Waals surface area (Å²) in [6, 6.07) is 16.0. The van der Waals surface area contributed by atoms with E-state index in [0.29, 0.717) is 24.2 Å². The second-order valence-corrected chi connectivity index (χ2v) is 7.91. The molecule has 0 saturated carbocycles. The summed E-state index contributed by atoms with van der Waals surface area (Å²) < 4.78 is 11.5. The monoisotopic (exact) mass is 444 g/mol. The van der Waals surface area contributed by atoms with Crippen molar-refractivity contribution in [1.82, 2.24) is 4.98 Å². The molecule has 1 aliphatic heterocycles. The maximum absolute atomic E-state index is 6.41. The Morgan fingerprint density at radius 3 is 2.67 bits per heavy atom. The van der Waals surface area contributed by atoms with Crippen LogP contribution in [0.15, 0.2) is 64.7 Å². The number of benzene rings is 2. The SMILES string of the molecule is CNc1ccc(NC2=NC(C)CO2)cc1C(N)=Nc1ccc(Oc2ccc(C)nc2)c(C)c1. The predicted molar refractivity (Wildman–Crippen MR) is 133 cm³/mol. The highest BCUT2D eigenvalue weighted by atomic mass is 16.5. The summed E-state index contributed by atoms with van der Waals surface area (Å²) in [4.78, 5) is 13.3. The molecule has 0 radical (unpaired) electrons. The minimum Gasteiger partial charge on any atom is -0.463 e. The molecule has 0 fully saturated rings. The van der Waals surface area contributed by atoms with Gasteiger partial charge >= 0.3 is 0 Å². The van der Waals surface area contributed by atoms with Crippen LogP contribution < -0.4 is 21.1 Å². The summed E-state index contributed by atoms with van der Waals surface area (Å²) >= 11 is 0. The van der Waals surface area contributed by atoms with Crippen LogP contribution in [0.1, 0.15) is 23.7 Å². The average molecular weight is 445 g/mol. The molecule has 8 heteroatoms. The summed E-state index contributed by atoms with van der Waals surface area (Å²) in [7, 11) is 1.85. The molecule has 0 spiro atoms. The van der Waals surface area contributed by atoms with Gasteiger partial charge in [-0.2, -0.15) is 0 Å². The molecule has 4 rings (SSSR count). The van der Waals surface area contributed by atoms with Crippen molar-refractivity contribution in [3.8, 4) is 11.5 Å². The fourth-order valence-corrected chi connectivity index (χ4v) is 3.38. The number of pyridine rings is 1. The number of nitrogens with two attached hydrogens (primary N) is 1. The van der Waals surface area contributed by atoms with Gasteiger partial charge in [0.15, 0.2) is 0 Å². The van der Waals surface area contributed by atoms with E-state index in [1.54, 1.807) is 6.20 Å². The number of anilines is 2. The fourth-order valence-electron chi connectivity index (χ4n) is 3.38. The van der Waals surface area contributed by atoms with Crippen LogP contribution in [0, 0.1) is 13.8 Å². The van der Waals surface area contributed by atoms with E-state index in [1.165, 1.54) is 0 Å². The molecule has 2 aromatic carbocycles. The van der Waals surface area contributed by atoms with Gasteiger partial charge in [-0.3, -0.25) is 4.98 Å². The highest BCUT2D eigenvalue weighted by molar-refractivity contribution is 6.05. The number of aryl methyl sites for hydroxylation is 2. The van der Waals surface area contributed by atoms with Crippen molar-refractivity contribution >= 4 is 28.9 Å². The second-order valence-electron chi connectivity index (χ2n) is 7.91. The predicted octanol–water partition coefficient (Wildman–Crippen LogP) is 4.76. The van der Waals surface area contributed by atoms with Crippen LogP contribution in [0.25, 0.3) is 0 Å². The van der Waals surface area contributed by atoms with Gasteiger partial charge in [-0.05, 0) is 74.9 Å². The quantitative estimate of drug-likeness (QED) is 0.374. The van der Waals surface area contributed by atoms with Gasteiger partial charge in [0.1, 0.15) is 23.9 Å². The number of rotatable bonds is 6. The first kappa shape index (κ1) is 22.1. The highest BCUT2D eigenvalue weighted by Gasteiger charge is 2.15. The number of hydrogen-bond acceptors (Lipinski definition) is 7. The molecule has 4 N–H and O–H groups in total. The summed E-state index contributed by atoms with van der Waals surface area (Å²) in [5, 5.41) is 6.36. The summed E-state index contributed by atoms with van der Waals surface area (Å²) in [5.74, 6) is 1.82. The Hall–Kier alpha value is -4.07. The van der Waals surface area contributed by atoms with E-state index < -0.39 is 0 Å². The number of nitrogens with zero attached hydrogens (tertiary/aromatic N) is 3. The Labute approximate surface area is 193 Å². The third-order valence-corrected chi connectivity index (χ3v) is 5.14. The van der Waals surface area contributed by atoms with Crippen molar-refractivity contribution in [2.75, 3.05) is 24.3 Å². The standard InChI is InChI=1S/C25H28N6O2/c1-15-11-18(7-10-23(15)33-20-8-5-16(2)28-13-20)30-24(26)21-12-19(6-9-22(21)27-4)31-25-29-17(3)14-32-25/h5-13,17,27H,14H2,1-4H3,(H2,26,30)(H,29,31). The van der Waals surface area contributed by atoms with Crippen LogP contribution in [-0.2, 0) is 4.74 Å². The molecule has 1 atom stereocenters. The van der Waals surface area contributed by atoms with E-state index in [1.807, 2.05) is 76.3 Å². The van der Waals surface area contributed by atoms with Gasteiger partial charge < -0.3 is 25.8 Å². The first-order chi connectivity index (χ1) is 15.9. The van der Waals surface area contributed by atoms with E-state index in [-0.39, 0.29) is 6.04 Å². The fraction of sp³-hybridized carbons (Fsp3) is 0.240. The van der Waals surface area contributed by atoms with Crippen molar-refractivity contribution in [3.05, 3.63) is 71.5 Å². The maximum Gasteiger partial charge on any atom is 0.289 e. The van der Waals surface area contributed by atoms with Gasteiger partial charge in [0.25, 0.3) is 6.02 Å². The normalized spacial score (nSPS) is 15.6. The van der Waals surface area contributed by atoms with Gasteiger partial charge in [0, 0.05) is 29.7 Å². The molecule has 0 bridgehead atoms. The molecule has 1 aromatic heterocycles. The molecule has 1 unspecified atom stereocenters. The van der Waals surface area contributed by atoms with E-state index in [9.17, 15) is 0 Å². The van der Waals surface area contributed by atoms with Crippen LogP contribution in [0.5, 0.6) is 11.5 Å². The van der Waals surface area contributed by atoms with Crippen LogP contribution in [0.2, 0.25) is 0 Å². The lowest BCUT2D eigenvalue weighted by atomic mass is 10.1. The Kier molecular flexibility index (Phi) is 6.44. The molecule has 8 nitrogen and oxygen atoms in total.